The van der Waals surface area contributed by atoms with Gasteiger partial charge in [0.25, 0.3) is 0 Å². The molecular weight excluding hydrogens is 416 g/mol. The summed E-state index contributed by atoms with van der Waals surface area (Å²) in [6.07, 6.45) is 4.48. The third-order valence-electron chi connectivity index (χ3n) is 4.38. The zero-order valence-corrected chi connectivity index (χ0v) is 16.5. The van der Waals surface area contributed by atoms with Crippen LogP contribution in [0.3, 0.4) is 0 Å². The first-order chi connectivity index (χ1) is 12.3. The Morgan fingerprint density at radius 3 is 2.88 bits per heavy atom. The number of rotatable bonds is 5. The summed E-state index contributed by atoms with van der Waals surface area (Å²) in [5.41, 5.74) is 2.28. The average molecular weight is 431 g/mol. The van der Waals surface area contributed by atoms with Gasteiger partial charge in [-0.25, -0.2) is 0 Å². The largest absolute Gasteiger partial charge is 0.360 e. The molecule has 1 aliphatic carbocycles. The van der Waals surface area contributed by atoms with E-state index in [9.17, 15) is 0 Å². The highest BCUT2D eigenvalue weighted by Gasteiger charge is 2.30. The number of thiophene rings is 1. The fourth-order valence-electron chi connectivity index (χ4n) is 3.04. The molecule has 0 atom stereocenters. The van der Waals surface area contributed by atoms with Crippen LogP contribution in [0, 0.1) is 0 Å². The second kappa shape index (κ2) is 6.30. The molecule has 1 saturated carbocycles. The number of para-hydroxylation sites is 1. The summed E-state index contributed by atoms with van der Waals surface area (Å²) in [5.74, 6) is 1.91. The van der Waals surface area contributed by atoms with E-state index < -0.39 is 0 Å². The van der Waals surface area contributed by atoms with Crippen molar-refractivity contribution in [1.29, 1.82) is 0 Å². The lowest BCUT2D eigenvalue weighted by Gasteiger charge is -2.08. The second-order valence-electron chi connectivity index (χ2n) is 6.15. The first-order valence-electron chi connectivity index (χ1n) is 8.18. The number of fused-ring (bicyclic) bond motifs is 1. The number of aromatic nitrogens is 4. The Kier molecular flexibility index (Phi) is 3.95. The predicted octanol–water partition coefficient (Wildman–Crippen LogP) is 5.88. The van der Waals surface area contributed by atoms with Gasteiger partial charge in [0.05, 0.1) is 3.79 Å². The molecule has 0 aliphatic heterocycles. The van der Waals surface area contributed by atoms with Gasteiger partial charge in [-0.3, -0.25) is 4.57 Å². The molecule has 7 heteroatoms. The first-order valence-corrected chi connectivity index (χ1v) is 10.8. The van der Waals surface area contributed by atoms with Gasteiger partial charge in [-0.2, -0.15) is 0 Å². The van der Waals surface area contributed by atoms with Crippen molar-refractivity contribution in [3.05, 3.63) is 51.3 Å². The van der Waals surface area contributed by atoms with Crippen molar-refractivity contribution in [3.63, 3.8) is 0 Å². The molecule has 25 heavy (non-hydrogen) atoms. The van der Waals surface area contributed by atoms with Crippen molar-refractivity contribution in [2.24, 2.45) is 0 Å². The van der Waals surface area contributed by atoms with Crippen LogP contribution < -0.4 is 0 Å². The van der Waals surface area contributed by atoms with Gasteiger partial charge in [0.2, 0.25) is 0 Å². The fraction of sp³-hybridized carbons (Fsp3) is 0.222. The minimum Gasteiger partial charge on any atom is -0.360 e. The number of hydrogen-bond acceptors (Lipinski definition) is 4. The number of nitrogens with one attached hydrogen (secondary N) is 1. The van der Waals surface area contributed by atoms with Crippen LogP contribution in [-0.2, 0) is 5.75 Å². The molecule has 1 aromatic carbocycles. The lowest BCUT2D eigenvalue weighted by molar-refractivity contribution is 0.669. The molecule has 1 N–H and O–H groups in total. The molecule has 4 aromatic rings. The van der Waals surface area contributed by atoms with Crippen molar-refractivity contribution >= 4 is 49.9 Å². The van der Waals surface area contributed by atoms with Crippen LogP contribution in [0.4, 0.5) is 0 Å². The van der Waals surface area contributed by atoms with Crippen LogP contribution in [0.15, 0.2) is 51.5 Å². The summed E-state index contributed by atoms with van der Waals surface area (Å²) >= 11 is 7.08. The second-order valence-corrected chi connectivity index (χ2v) is 9.64. The summed E-state index contributed by atoms with van der Waals surface area (Å²) in [6.45, 7) is 0. The van der Waals surface area contributed by atoms with Gasteiger partial charge in [0, 0.05) is 39.3 Å². The van der Waals surface area contributed by atoms with E-state index in [1.807, 2.05) is 0 Å². The quantitative estimate of drug-likeness (QED) is 0.402. The maximum absolute atomic E-state index is 4.55. The van der Waals surface area contributed by atoms with E-state index in [0.717, 1.165) is 27.8 Å². The highest BCUT2D eigenvalue weighted by molar-refractivity contribution is 9.11. The number of H-pyrrole nitrogens is 1. The van der Waals surface area contributed by atoms with Gasteiger partial charge < -0.3 is 4.98 Å². The van der Waals surface area contributed by atoms with E-state index in [1.165, 1.54) is 26.9 Å². The third-order valence-corrected chi connectivity index (χ3v) is 7.18. The van der Waals surface area contributed by atoms with E-state index in [2.05, 4.69) is 78.3 Å². The zero-order chi connectivity index (χ0) is 16.8. The lowest BCUT2D eigenvalue weighted by atomic mass is 10.1. The van der Waals surface area contributed by atoms with Crippen LogP contribution in [0.25, 0.3) is 22.3 Å². The van der Waals surface area contributed by atoms with Crippen molar-refractivity contribution in [3.8, 4) is 11.4 Å². The number of halogens is 1. The molecule has 0 bridgehead atoms. The van der Waals surface area contributed by atoms with E-state index in [1.54, 1.807) is 23.1 Å². The first kappa shape index (κ1) is 15.7. The van der Waals surface area contributed by atoms with Crippen LogP contribution >= 0.6 is 39.0 Å². The topological polar surface area (TPSA) is 46.5 Å². The highest BCUT2D eigenvalue weighted by atomic mass is 79.9. The van der Waals surface area contributed by atoms with Gasteiger partial charge in [-0.15, -0.1) is 21.5 Å². The van der Waals surface area contributed by atoms with Crippen LogP contribution in [-0.4, -0.2) is 19.7 Å². The predicted molar refractivity (Wildman–Crippen MR) is 107 cm³/mol. The van der Waals surface area contributed by atoms with Gasteiger partial charge in [0.15, 0.2) is 11.0 Å². The number of thioether (sulfide) groups is 1. The van der Waals surface area contributed by atoms with Crippen LogP contribution in [0.2, 0.25) is 0 Å². The Morgan fingerprint density at radius 2 is 2.08 bits per heavy atom. The average Bonchev–Trinajstić information content (AvgIpc) is 3.05. The summed E-state index contributed by atoms with van der Waals surface area (Å²) in [6, 6.07) is 13.2. The molecule has 3 aromatic heterocycles. The SMILES string of the molecule is Brc1ccc(CSc2nnc(-c3c[nH]c4ccccc34)n2C2CC2)s1. The van der Waals surface area contributed by atoms with E-state index in [0.29, 0.717) is 6.04 Å². The summed E-state index contributed by atoms with van der Waals surface area (Å²) in [4.78, 5) is 4.70. The van der Waals surface area contributed by atoms with Crippen molar-refractivity contribution < 1.29 is 0 Å². The number of hydrogen-bond donors (Lipinski definition) is 1. The molecular formula is C18H15BrN4S2. The highest BCUT2D eigenvalue weighted by Crippen LogP contribution is 2.42. The minimum atomic E-state index is 0.538. The smallest absolute Gasteiger partial charge is 0.192 e. The number of benzene rings is 1. The Labute approximate surface area is 161 Å². The van der Waals surface area contributed by atoms with E-state index >= 15 is 0 Å². The molecule has 3 heterocycles. The molecule has 1 fully saturated rings. The Bertz CT molecular complexity index is 1040. The molecule has 0 amide bonds. The van der Waals surface area contributed by atoms with Crippen molar-refractivity contribution in [2.75, 3.05) is 0 Å². The molecule has 5 rings (SSSR count). The summed E-state index contributed by atoms with van der Waals surface area (Å²) in [7, 11) is 0. The molecule has 126 valence electrons. The third kappa shape index (κ3) is 2.94. The van der Waals surface area contributed by atoms with Crippen molar-refractivity contribution in [1.82, 2.24) is 19.7 Å². The number of nitrogens with zero attached hydrogens (tertiary/aromatic N) is 3. The van der Waals surface area contributed by atoms with Crippen LogP contribution in [0.5, 0.6) is 0 Å². The van der Waals surface area contributed by atoms with Gasteiger partial charge in [-0.1, -0.05) is 30.0 Å². The molecule has 0 radical (unpaired) electrons. The van der Waals surface area contributed by atoms with Gasteiger partial charge in [0.1, 0.15) is 0 Å². The Morgan fingerprint density at radius 1 is 1.20 bits per heavy atom. The normalized spacial score (nSPS) is 14.4. The van der Waals surface area contributed by atoms with Gasteiger partial charge >= 0.3 is 0 Å². The van der Waals surface area contributed by atoms with Gasteiger partial charge in [-0.05, 0) is 47.0 Å². The van der Waals surface area contributed by atoms with E-state index in [4.69, 9.17) is 0 Å². The Hall–Kier alpha value is -1.57. The number of aromatic amines is 1. The molecule has 1 aliphatic rings. The van der Waals surface area contributed by atoms with Crippen molar-refractivity contribution in [2.45, 2.75) is 29.8 Å². The molecule has 0 saturated heterocycles. The van der Waals surface area contributed by atoms with Crippen LogP contribution in [0.1, 0.15) is 23.8 Å². The lowest BCUT2D eigenvalue weighted by Crippen LogP contribution is -1.99. The molecule has 4 nitrogen and oxygen atoms in total. The Balaban J connectivity index is 1.51. The fourth-order valence-corrected chi connectivity index (χ4v) is 5.57. The summed E-state index contributed by atoms with van der Waals surface area (Å²) < 4.78 is 3.51. The maximum atomic E-state index is 4.55. The maximum Gasteiger partial charge on any atom is 0.192 e. The standard InChI is InChI=1S/C18H15BrN4S2/c19-16-8-7-12(25-16)10-24-18-22-21-17(23(18)11-5-6-11)14-9-20-15-4-2-1-3-13(14)15/h1-4,7-9,11,20H,5-6,10H2. The zero-order valence-electron chi connectivity index (χ0n) is 13.3. The minimum absolute atomic E-state index is 0.538. The summed E-state index contributed by atoms with van der Waals surface area (Å²) in [5, 5.41) is 11.3. The van der Waals surface area contributed by atoms with E-state index in [-0.39, 0.29) is 0 Å². The monoisotopic (exact) mass is 430 g/mol. The molecule has 0 unspecified atom stereocenters. The molecule has 0 spiro atoms.